The van der Waals surface area contributed by atoms with Crippen LogP contribution in [0.5, 0.6) is 5.75 Å². The van der Waals surface area contributed by atoms with Crippen LogP contribution in [-0.4, -0.2) is 45.9 Å². The number of phenolic OH excluding ortho intramolecular Hbond substituents is 1. The largest absolute Gasteiger partial charge is 0.508 e. The standard InChI is InChI=1S/C13H18N2O5/c14-10(7-8-1-3-9(17)4-2-8)12(18)15-11(5-6-16)13(19)20/h1-4,10-11,16-17H,5-7,14H2,(H,15,18)(H,19,20)/t10-,11?/m0/s1. The molecule has 1 amide bonds. The van der Waals surface area contributed by atoms with Gasteiger partial charge in [-0.05, 0) is 24.1 Å². The number of carbonyl (C=O) groups is 2. The SMILES string of the molecule is N[C@@H](Cc1ccc(O)cc1)C(=O)NC(CCO)C(=O)O. The van der Waals surface area contributed by atoms with Crippen molar-refractivity contribution < 1.29 is 24.9 Å². The quantitative estimate of drug-likeness (QED) is 0.445. The molecule has 0 saturated carbocycles. The molecule has 0 saturated heterocycles. The number of aromatic hydroxyl groups is 1. The number of phenols is 1. The number of benzene rings is 1. The van der Waals surface area contributed by atoms with E-state index in [1.54, 1.807) is 12.1 Å². The first-order valence-corrected chi connectivity index (χ1v) is 6.11. The van der Waals surface area contributed by atoms with Crippen LogP contribution in [0.3, 0.4) is 0 Å². The summed E-state index contributed by atoms with van der Waals surface area (Å²) in [4.78, 5) is 22.6. The molecule has 110 valence electrons. The van der Waals surface area contributed by atoms with Crippen molar-refractivity contribution >= 4 is 11.9 Å². The van der Waals surface area contributed by atoms with Gasteiger partial charge in [-0.2, -0.15) is 0 Å². The highest BCUT2D eigenvalue weighted by Gasteiger charge is 2.22. The van der Waals surface area contributed by atoms with E-state index in [0.717, 1.165) is 5.56 Å². The van der Waals surface area contributed by atoms with Gasteiger partial charge in [-0.25, -0.2) is 4.79 Å². The monoisotopic (exact) mass is 282 g/mol. The summed E-state index contributed by atoms with van der Waals surface area (Å²) in [5, 5.41) is 29.0. The predicted octanol–water partition coefficient (Wildman–Crippen LogP) is -0.786. The molecule has 1 rings (SSSR count). The molecule has 1 unspecified atom stereocenters. The summed E-state index contributed by atoms with van der Waals surface area (Å²) in [6, 6.07) is 4.16. The van der Waals surface area contributed by atoms with E-state index >= 15 is 0 Å². The van der Waals surface area contributed by atoms with Gasteiger partial charge >= 0.3 is 5.97 Å². The van der Waals surface area contributed by atoms with E-state index in [1.807, 2.05) is 0 Å². The summed E-state index contributed by atoms with van der Waals surface area (Å²) in [6.07, 6.45) is 0.143. The number of hydrogen-bond donors (Lipinski definition) is 5. The van der Waals surface area contributed by atoms with Gasteiger partial charge in [0.05, 0.1) is 6.04 Å². The number of aliphatic hydroxyl groups excluding tert-OH is 1. The lowest BCUT2D eigenvalue weighted by atomic mass is 10.1. The molecule has 20 heavy (non-hydrogen) atoms. The molecule has 0 spiro atoms. The number of nitrogens with two attached hydrogens (primary N) is 1. The molecule has 0 aliphatic carbocycles. The van der Waals surface area contributed by atoms with Gasteiger partial charge in [-0.1, -0.05) is 12.1 Å². The third-order valence-corrected chi connectivity index (χ3v) is 2.76. The molecule has 0 heterocycles. The lowest BCUT2D eigenvalue weighted by molar-refractivity contribution is -0.142. The Morgan fingerprint density at radius 3 is 2.35 bits per heavy atom. The maximum absolute atomic E-state index is 11.8. The lowest BCUT2D eigenvalue weighted by Crippen LogP contribution is -2.49. The second-order valence-corrected chi connectivity index (χ2v) is 4.39. The van der Waals surface area contributed by atoms with E-state index in [-0.39, 0.29) is 25.2 Å². The highest BCUT2D eigenvalue weighted by Crippen LogP contribution is 2.11. The number of carboxylic acids is 1. The molecule has 6 N–H and O–H groups in total. The molecule has 0 aromatic heterocycles. The van der Waals surface area contributed by atoms with Gasteiger partial charge in [0.2, 0.25) is 5.91 Å². The number of rotatable bonds is 7. The number of aliphatic carboxylic acids is 1. The van der Waals surface area contributed by atoms with E-state index in [2.05, 4.69) is 5.32 Å². The Morgan fingerprint density at radius 1 is 1.25 bits per heavy atom. The maximum Gasteiger partial charge on any atom is 0.326 e. The zero-order valence-corrected chi connectivity index (χ0v) is 10.8. The Kier molecular flexibility index (Phi) is 5.95. The Bertz CT molecular complexity index is 460. The minimum Gasteiger partial charge on any atom is -0.508 e. The van der Waals surface area contributed by atoms with E-state index in [4.69, 9.17) is 21.1 Å². The maximum atomic E-state index is 11.8. The van der Waals surface area contributed by atoms with Crippen LogP contribution in [0.2, 0.25) is 0 Å². The number of amides is 1. The third kappa shape index (κ3) is 4.87. The first kappa shape index (κ1) is 15.9. The van der Waals surface area contributed by atoms with E-state index in [9.17, 15) is 9.59 Å². The number of carboxylic acid groups (broad SMARTS) is 1. The van der Waals surface area contributed by atoms with Gasteiger partial charge in [0.25, 0.3) is 0 Å². The minimum atomic E-state index is -1.22. The molecule has 0 aliphatic heterocycles. The van der Waals surface area contributed by atoms with Gasteiger partial charge in [-0.15, -0.1) is 0 Å². The van der Waals surface area contributed by atoms with Crippen LogP contribution >= 0.6 is 0 Å². The normalized spacial score (nSPS) is 13.5. The van der Waals surface area contributed by atoms with Crippen LogP contribution in [0, 0.1) is 0 Å². The van der Waals surface area contributed by atoms with Crippen molar-refractivity contribution in [3.05, 3.63) is 29.8 Å². The highest BCUT2D eigenvalue weighted by atomic mass is 16.4. The van der Waals surface area contributed by atoms with Gasteiger partial charge in [0, 0.05) is 13.0 Å². The molecular weight excluding hydrogens is 264 g/mol. The van der Waals surface area contributed by atoms with Crippen molar-refractivity contribution in [2.24, 2.45) is 5.73 Å². The summed E-state index contributed by atoms with van der Waals surface area (Å²) < 4.78 is 0. The Hall–Kier alpha value is -2.12. The summed E-state index contributed by atoms with van der Waals surface area (Å²) in [5.41, 5.74) is 6.45. The second-order valence-electron chi connectivity index (χ2n) is 4.39. The second kappa shape index (κ2) is 7.46. The van der Waals surface area contributed by atoms with Crippen LogP contribution in [0.25, 0.3) is 0 Å². The zero-order valence-electron chi connectivity index (χ0n) is 10.8. The summed E-state index contributed by atoms with van der Waals surface area (Å²) >= 11 is 0. The van der Waals surface area contributed by atoms with Crippen molar-refractivity contribution in [3.8, 4) is 5.75 Å². The fraction of sp³-hybridized carbons (Fsp3) is 0.385. The molecule has 7 heteroatoms. The predicted molar refractivity (Wildman–Crippen MR) is 71.1 cm³/mol. The Balaban J connectivity index is 2.57. The molecule has 0 bridgehead atoms. The minimum absolute atomic E-state index is 0.0764. The van der Waals surface area contributed by atoms with Crippen molar-refractivity contribution in [2.75, 3.05) is 6.61 Å². The van der Waals surface area contributed by atoms with Crippen molar-refractivity contribution in [1.82, 2.24) is 5.32 Å². The Labute approximate surface area is 116 Å². The summed E-state index contributed by atoms with van der Waals surface area (Å²) in [5.74, 6) is -1.70. The Morgan fingerprint density at radius 2 is 1.85 bits per heavy atom. The molecule has 2 atom stereocenters. The van der Waals surface area contributed by atoms with Crippen LogP contribution < -0.4 is 11.1 Å². The molecule has 0 fully saturated rings. The smallest absolute Gasteiger partial charge is 0.326 e. The van der Waals surface area contributed by atoms with Gasteiger partial charge < -0.3 is 26.4 Å². The van der Waals surface area contributed by atoms with Crippen LogP contribution in [0.15, 0.2) is 24.3 Å². The van der Waals surface area contributed by atoms with E-state index < -0.39 is 24.0 Å². The molecule has 1 aromatic rings. The number of aliphatic hydroxyl groups is 1. The average molecular weight is 282 g/mol. The van der Waals surface area contributed by atoms with E-state index in [0.29, 0.717) is 0 Å². The van der Waals surface area contributed by atoms with Crippen LogP contribution in [-0.2, 0) is 16.0 Å². The fourth-order valence-corrected chi connectivity index (χ4v) is 1.64. The lowest BCUT2D eigenvalue weighted by Gasteiger charge is -2.17. The van der Waals surface area contributed by atoms with Crippen molar-refractivity contribution in [2.45, 2.75) is 24.9 Å². The van der Waals surface area contributed by atoms with Crippen LogP contribution in [0.4, 0.5) is 0 Å². The molecule has 7 nitrogen and oxygen atoms in total. The molecular formula is C13H18N2O5. The topological polar surface area (TPSA) is 133 Å². The fourth-order valence-electron chi connectivity index (χ4n) is 1.64. The highest BCUT2D eigenvalue weighted by molar-refractivity contribution is 5.86. The number of nitrogens with one attached hydrogen (secondary N) is 1. The molecule has 0 aliphatic rings. The van der Waals surface area contributed by atoms with Gasteiger partial charge in [0.15, 0.2) is 0 Å². The van der Waals surface area contributed by atoms with Crippen molar-refractivity contribution in [3.63, 3.8) is 0 Å². The molecule has 0 radical (unpaired) electrons. The summed E-state index contributed by atoms with van der Waals surface area (Å²) in [7, 11) is 0. The first-order valence-electron chi connectivity index (χ1n) is 6.11. The average Bonchev–Trinajstić information content (AvgIpc) is 2.40. The van der Waals surface area contributed by atoms with Gasteiger partial charge in [0.1, 0.15) is 11.8 Å². The van der Waals surface area contributed by atoms with Crippen molar-refractivity contribution in [1.29, 1.82) is 0 Å². The van der Waals surface area contributed by atoms with Crippen LogP contribution in [0.1, 0.15) is 12.0 Å². The van der Waals surface area contributed by atoms with Gasteiger partial charge in [-0.3, -0.25) is 4.79 Å². The third-order valence-electron chi connectivity index (χ3n) is 2.76. The number of carbonyl (C=O) groups excluding carboxylic acids is 1. The first-order chi connectivity index (χ1) is 9.43. The number of hydrogen-bond acceptors (Lipinski definition) is 5. The molecule has 1 aromatic carbocycles. The summed E-state index contributed by atoms with van der Waals surface area (Å²) in [6.45, 7) is -0.343. The van der Waals surface area contributed by atoms with E-state index in [1.165, 1.54) is 12.1 Å². The zero-order chi connectivity index (χ0) is 15.1.